The fourth-order valence-corrected chi connectivity index (χ4v) is 2.57. The van der Waals surface area contributed by atoms with Crippen molar-refractivity contribution in [3.05, 3.63) is 29.8 Å². The van der Waals surface area contributed by atoms with E-state index in [-0.39, 0.29) is 0 Å². The van der Waals surface area contributed by atoms with Crippen LogP contribution in [0.4, 0.5) is 0 Å². The van der Waals surface area contributed by atoms with Crippen LogP contribution in [0.25, 0.3) is 0 Å². The summed E-state index contributed by atoms with van der Waals surface area (Å²) < 4.78 is 5.72. The van der Waals surface area contributed by atoms with Crippen molar-refractivity contribution in [3.63, 3.8) is 0 Å². The molecule has 0 heterocycles. The lowest BCUT2D eigenvalue weighted by Crippen LogP contribution is -2.33. The van der Waals surface area contributed by atoms with Gasteiger partial charge in [0.2, 0.25) is 0 Å². The van der Waals surface area contributed by atoms with E-state index in [2.05, 4.69) is 17.9 Å². The Balaban J connectivity index is 1.68. The number of benzene rings is 1. The Morgan fingerprint density at radius 1 is 1.35 bits per heavy atom. The molecule has 0 spiro atoms. The highest BCUT2D eigenvalue weighted by atomic mass is 16.5. The van der Waals surface area contributed by atoms with Crippen LogP contribution in [0.15, 0.2) is 24.3 Å². The van der Waals surface area contributed by atoms with Crippen molar-refractivity contribution >= 4 is 0 Å². The van der Waals surface area contributed by atoms with Gasteiger partial charge < -0.3 is 9.64 Å². The topological polar surface area (TPSA) is 36.3 Å². The second kappa shape index (κ2) is 7.91. The molecule has 0 N–H and O–H groups in total. The first-order valence-electron chi connectivity index (χ1n) is 7.67. The van der Waals surface area contributed by atoms with E-state index in [4.69, 9.17) is 10.00 Å². The van der Waals surface area contributed by atoms with Crippen molar-refractivity contribution in [2.75, 3.05) is 26.2 Å². The van der Waals surface area contributed by atoms with Crippen LogP contribution >= 0.6 is 0 Å². The zero-order valence-electron chi connectivity index (χ0n) is 12.3. The summed E-state index contributed by atoms with van der Waals surface area (Å²) in [6, 6.07) is 9.60. The molecule has 1 aliphatic carbocycles. The molecule has 2 rings (SSSR count). The van der Waals surface area contributed by atoms with Crippen LogP contribution in [0.5, 0.6) is 5.75 Å². The number of nitrogens with zero attached hydrogens (tertiary/aromatic N) is 2. The van der Waals surface area contributed by atoms with E-state index in [0.717, 1.165) is 25.4 Å². The smallest absolute Gasteiger partial charge is 0.137 e. The predicted molar refractivity (Wildman–Crippen MR) is 80.7 cm³/mol. The van der Waals surface area contributed by atoms with Crippen LogP contribution in [0, 0.1) is 17.2 Å². The van der Waals surface area contributed by atoms with Gasteiger partial charge >= 0.3 is 0 Å². The molecule has 1 saturated carbocycles. The van der Waals surface area contributed by atoms with Gasteiger partial charge in [-0.15, -0.1) is 0 Å². The highest BCUT2D eigenvalue weighted by Gasteiger charge is 2.19. The van der Waals surface area contributed by atoms with E-state index in [1.54, 1.807) is 6.07 Å². The lowest BCUT2D eigenvalue weighted by atomic mass is 9.85. The quantitative estimate of drug-likeness (QED) is 0.680. The first-order chi connectivity index (χ1) is 9.83. The molecule has 0 aromatic heterocycles. The molecule has 1 aromatic carbocycles. The minimum absolute atomic E-state index is 0.620. The zero-order valence-corrected chi connectivity index (χ0v) is 12.3. The van der Waals surface area contributed by atoms with E-state index < -0.39 is 0 Å². The van der Waals surface area contributed by atoms with Gasteiger partial charge in [0.25, 0.3) is 0 Å². The maximum absolute atomic E-state index is 9.00. The average Bonchev–Trinajstić information content (AvgIpc) is 2.45. The molecule has 1 aromatic rings. The summed E-state index contributed by atoms with van der Waals surface area (Å²) in [5, 5.41) is 9.00. The minimum atomic E-state index is 0.620. The summed E-state index contributed by atoms with van der Waals surface area (Å²) in [7, 11) is 0. The van der Waals surface area contributed by atoms with Crippen molar-refractivity contribution < 1.29 is 4.74 Å². The SMILES string of the molecule is CCN(CCCOc1ccccc1C#N)CC1CCC1. The molecule has 0 radical (unpaired) electrons. The van der Waals surface area contributed by atoms with Gasteiger partial charge in [-0.05, 0) is 43.9 Å². The van der Waals surface area contributed by atoms with Gasteiger partial charge in [-0.1, -0.05) is 25.5 Å². The summed E-state index contributed by atoms with van der Waals surface area (Å²) >= 11 is 0. The molecule has 108 valence electrons. The maximum atomic E-state index is 9.00. The lowest BCUT2D eigenvalue weighted by Gasteiger charge is -2.31. The third-order valence-electron chi connectivity index (χ3n) is 4.07. The number of rotatable bonds is 8. The van der Waals surface area contributed by atoms with E-state index >= 15 is 0 Å². The molecule has 0 saturated heterocycles. The molecule has 0 unspecified atom stereocenters. The molecule has 0 aliphatic heterocycles. The van der Waals surface area contributed by atoms with Gasteiger partial charge in [-0.2, -0.15) is 5.26 Å². The molecular formula is C17H24N2O. The van der Waals surface area contributed by atoms with Gasteiger partial charge in [0.1, 0.15) is 11.8 Å². The molecule has 3 heteroatoms. The number of ether oxygens (including phenoxy) is 1. The van der Waals surface area contributed by atoms with Gasteiger partial charge in [-0.3, -0.25) is 0 Å². The Kier molecular flexibility index (Phi) is 5.88. The van der Waals surface area contributed by atoms with Crippen LogP contribution < -0.4 is 4.74 Å². The summed E-state index contributed by atoms with van der Waals surface area (Å²) in [4.78, 5) is 2.52. The van der Waals surface area contributed by atoms with Crippen molar-refractivity contribution in [2.45, 2.75) is 32.6 Å². The lowest BCUT2D eigenvalue weighted by molar-refractivity contribution is 0.172. The molecule has 0 bridgehead atoms. The summed E-state index contributed by atoms with van der Waals surface area (Å²) in [5.41, 5.74) is 0.620. The molecular weight excluding hydrogens is 248 g/mol. The highest BCUT2D eigenvalue weighted by molar-refractivity contribution is 5.42. The summed E-state index contributed by atoms with van der Waals surface area (Å²) in [6.07, 6.45) is 5.24. The number of nitriles is 1. The fraction of sp³-hybridized carbons (Fsp3) is 0.588. The highest BCUT2D eigenvalue weighted by Crippen LogP contribution is 2.27. The van der Waals surface area contributed by atoms with E-state index in [1.807, 2.05) is 18.2 Å². The van der Waals surface area contributed by atoms with Crippen molar-refractivity contribution in [1.82, 2.24) is 4.90 Å². The Bertz CT molecular complexity index is 449. The van der Waals surface area contributed by atoms with Gasteiger partial charge in [-0.25, -0.2) is 0 Å². The van der Waals surface area contributed by atoms with Gasteiger partial charge in [0, 0.05) is 13.1 Å². The number of para-hydroxylation sites is 1. The largest absolute Gasteiger partial charge is 0.492 e. The van der Waals surface area contributed by atoms with Crippen LogP contribution in [0.3, 0.4) is 0 Å². The summed E-state index contributed by atoms with van der Waals surface area (Å²) in [5.74, 6) is 1.63. The van der Waals surface area contributed by atoms with Crippen molar-refractivity contribution in [1.29, 1.82) is 5.26 Å². The molecule has 20 heavy (non-hydrogen) atoms. The van der Waals surface area contributed by atoms with Crippen LogP contribution in [0.2, 0.25) is 0 Å². The molecule has 1 fully saturated rings. The first-order valence-corrected chi connectivity index (χ1v) is 7.67. The third kappa shape index (κ3) is 4.25. The van der Waals surface area contributed by atoms with Gasteiger partial charge in [0.15, 0.2) is 0 Å². The van der Waals surface area contributed by atoms with Gasteiger partial charge in [0.05, 0.1) is 12.2 Å². The normalized spacial score (nSPS) is 14.8. The molecule has 0 amide bonds. The second-order valence-electron chi connectivity index (χ2n) is 5.50. The maximum Gasteiger partial charge on any atom is 0.137 e. The minimum Gasteiger partial charge on any atom is -0.492 e. The van der Waals surface area contributed by atoms with E-state index in [1.165, 1.54) is 25.8 Å². The second-order valence-corrected chi connectivity index (χ2v) is 5.50. The van der Waals surface area contributed by atoms with E-state index in [9.17, 15) is 0 Å². The number of hydrogen-bond donors (Lipinski definition) is 0. The van der Waals surface area contributed by atoms with Crippen LogP contribution in [-0.2, 0) is 0 Å². The Morgan fingerprint density at radius 2 is 2.15 bits per heavy atom. The Hall–Kier alpha value is -1.53. The zero-order chi connectivity index (χ0) is 14.2. The molecule has 0 atom stereocenters. The average molecular weight is 272 g/mol. The van der Waals surface area contributed by atoms with Crippen molar-refractivity contribution in [3.8, 4) is 11.8 Å². The third-order valence-corrected chi connectivity index (χ3v) is 4.07. The Morgan fingerprint density at radius 3 is 2.80 bits per heavy atom. The summed E-state index contributed by atoms with van der Waals surface area (Å²) in [6.45, 7) is 6.35. The predicted octanol–water partition coefficient (Wildman–Crippen LogP) is 3.45. The first kappa shape index (κ1) is 14.9. The standard InChI is InChI=1S/C17H24N2O/c1-2-19(14-15-7-5-8-15)11-6-12-20-17-10-4-3-9-16(17)13-18/h3-4,9-10,15H,2,5-8,11-12,14H2,1H3. The fourth-order valence-electron chi connectivity index (χ4n) is 2.57. The molecule has 3 nitrogen and oxygen atoms in total. The molecule has 1 aliphatic rings. The number of hydrogen-bond acceptors (Lipinski definition) is 3. The van der Waals surface area contributed by atoms with Crippen molar-refractivity contribution in [2.24, 2.45) is 5.92 Å². The Labute approximate surface area is 122 Å². The van der Waals surface area contributed by atoms with Crippen LogP contribution in [0.1, 0.15) is 38.2 Å². The van der Waals surface area contributed by atoms with E-state index in [0.29, 0.717) is 17.9 Å². The monoisotopic (exact) mass is 272 g/mol. The van der Waals surface area contributed by atoms with Crippen LogP contribution in [-0.4, -0.2) is 31.1 Å².